The van der Waals surface area contributed by atoms with Crippen molar-refractivity contribution in [3.05, 3.63) is 47.0 Å². The summed E-state index contributed by atoms with van der Waals surface area (Å²) in [4.78, 5) is 12.0. The van der Waals surface area contributed by atoms with Gasteiger partial charge in [-0.25, -0.2) is 0 Å². The predicted molar refractivity (Wildman–Crippen MR) is 90.1 cm³/mol. The zero-order chi connectivity index (χ0) is 19.3. The van der Waals surface area contributed by atoms with Gasteiger partial charge in [-0.1, -0.05) is 17.7 Å². The Kier molecular flexibility index (Phi) is 6.20. The van der Waals surface area contributed by atoms with Crippen LogP contribution in [-0.2, 0) is 11.0 Å². The maximum absolute atomic E-state index is 12.8. The number of methoxy groups -OCH3 is 2. The summed E-state index contributed by atoms with van der Waals surface area (Å²) >= 11 is 5.84. The van der Waals surface area contributed by atoms with Crippen molar-refractivity contribution < 1.29 is 32.2 Å². The van der Waals surface area contributed by atoms with Crippen LogP contribution in [0, 0.1) is 0 Å². The van der Waals surface area contributed by atoms with E-state index in [1.165, 1.54) is 14.2 Å². The molecule has 0 atom stereocenters. The van der Waals surface area contributed by atoms with Gasteiger partial charge in [0, 0.05) is 0 Å². The van der Waals surface area contributed by atoms with E-state index in [9.17, 15) is 18.0 Å². The molecule has 0 saturated heterocycles. The minimum Gasteiger partial charge on any atom is -0.493 e. The first kappa shape index (κ1) is 19.7. The van der Waals surface area contributed by atoms with Crippen molar-refractivity contribution in [1.82, 2.24) is 0 Å². The van der Waals surface area contributed by atoms with Crippen molar-refractivity contribution >= 4 is 23.2 Å². The highest BCUT2D eigenvalue weighted by Crippen LogP contribution is 2.37. The Bertz CT molecular complexity index is 796. The lowest BCUT2D eigenvalue weighted by molar-refractivity contribution is -0.137. The molecule has 0 spiro atoms. The molecule has 0 bridgehead atoms. The summed E-state index contributed by atoms with van der Waals surface area (Å²) in [5.41, 5.74) is -1.08. The lowest BCUT2D eigenvalue weighted by Crippen LogP contribution is -2.21. The molecule has 26 heavy (non-hydrogen) atoms. The summed E-state index contributed by atoms with van der Waals surface area (Å²) in [5, 5.41) is 2.27. The van der Waals surface area contributed by atoms with Gasteiger partial charge in [0.25, 0.3) is 5.91 Å². The van der Waals surface area contributed by atoms with Crippen molar-refractivity contribution in [2.45, 2.75) is 6.18 Å². The topological polar surface area (TPSA) is 56.8 Å². The van der Waals surface area contributed by atoms with Gasteiger partial charge in [-0.15, -0.1) is 0 Å². The summed E-state index contributed by atoms with van der Waals surface area (Å²) in [6, 6.07) is 7.49. The van der Waals surface area contributed by atoms with E-state index in [4.69, 9.17) is 25.8 Å². The second-order valence-electron chi connectivity index (χ2n) is 5.02. The number of rotatable bonds is 6. The first-order chi connectivity index (χ1) is 12.3. The van der Waals surface area contributed by atoms with Gasteiger partial charge >= 0.3 is 6.18 Å². The quantitative estimate of drug-likeness (QED) is 0.796. The third-order valence-electron chi connectivity index (χ3n) is 3.29. The number of alkyl halides is 3. The number of halogens is 4. The van der Waals surface area contributed by atoms with E-state index in [0.717, 1.165) is 18.2 Å². The van der Waals surface area contributed by atoms with Crippen LogP contribution in [0.5, 0.6) is 17.2 Å². The fourth-order valence-corrected chi connectivity index (χ4v) is 2.26. The standard InChI is InChI=1S/C17H15ClF3NO4/c1-24-13-4-3-5-14(16(13)25-2)26-9-15(23)22-12-8-10(17(19,20)21)6-7-11(12)18/h3-8H,9H2,1-2H3,(H,22,23). The molecule has 2 rings (SSSR count). The Morgan fingerprint density at radius 3 is 2.42 bits per heavy atom. The van der Waals surface area contributed by atoms with Crippen LogP contribution in [0.3, 0.4) is 0 Å². The molecule has 0 unspecified atom stereocenters. The molecule has 0 radical (unpaired) electrons. The Morgan fingerprint density at radius 1 is 1.12 bits per heavy atom. The summed E-state index contributed by atoms with van der Waals surface area (Å²) in [5.74, 6) is 0.263. The molecular formula is C17H15ClF3NO4. The van der Waals surface area contributed by atoms with E-state index in [0.29, 0.717) is 11.5 Å². The lowest BCUT2D eigenvalue weighted by Gasteiger charge is -2.14. The van der Waals surface area contributed by atoms with Crippen molar-refractivity contribution in [3.8, 4) is 17.2 Å². The van der Waals surface area contributed by atoms with Crippen LogP contribution in [0.1, 0.15) is 5.56 Å². The van der Waals surface area contributed by atoms with Crippen LogP contribution < -0.4 is 19.5 Å². The molecule has 5 nitrogen and oxygen atoms in total. The summed E-state index contributed by atoms with van der Waals surface area (Å²) in [6.07, 6.45) is -4.55. The zero-order valence-corrected chi connectivity index (χ0v) is 14.6. The van der Waals surface area contributed by atoms with Crippen LogP contribution >= 0.6 is 11.6 Å². The number of carbonyl (C=O) groups is 1. The Morgan fingerprint density at radius 2 is 1.81 bits per heavy atom. The normalized spacial score (nSPS) is 11.0. The molecule has 2 aromatic rings. The third kappa shape index (κ3) is 4.72. The number of carbonyl (C=O) groups excluding carboxylic acids is 1. The SMILES string of the molecule is COc1cccc(OCC(=O)Nc2cc(C(F)(F)F)ccc2Cl)c1OC. The van der Waals surface area contributed by atoms with Gasteiger partial charge in [0.05, 0.1) is 30.5 Å². The second kappa shape index (κ2) is 8.18. The van der Waals surface area contributed by atoms with Crippen LogP contribution in [0.4, 0.5) is 18.9 Å². The zero-order valence-electron chi connectivity index (χ0n) is 13.8. The fourth-order valence-electron chi connectivity index (χ4n) is 2.10. The van der Waals surface area contributed by atoms with E-state index in [1.54, 1.807) is 18.2 Å². The lowest BCUT2D eigenvalue weighted by atomic mass is 10.2. The average molecular weight is 390 g/mol. The predicted octanol–water partition coefficient (Wildman–Crippen LogP) is 4.39. The third-order valence-corrected chi connectivity index (χ3v) is 3.62. The molecule has 2 aromatic carbocycles. The van der Waals surface area contributed by atoms with Crippen LogP contribution in [-0.4, -0.2) is 26.7 Å². The van der Waals surface area contributed by atoms with Crippen LogP contribution in [0.25, 0.3) is 0 Å². The molecule has 140 valence electrons. The highest BCUT2D eigenvalue weighted by molar-refractivity contribution is 6.33. The molecule has 0 heterocycles. The monoisotopic (exact) mass is 389 g/mol. The Balaban J connectivity index is 2.09. The number of amides is 1. The molecule has 1 amide bonds. The Labute approximate surface area is 152 Å². The first-order valence-electron chi connectivity index (χ1n) is 7.26. The molecule has 1 N–H and O–H groups in total. The minimum absolute atomic E-state index is 0.0229. The maximum atomic E-state index is 12.8. The largest absolute Gasteiger partial charge is 0.493 e. The number of anilines is 1. The number of hydrogen-bond acceptors (Lipinski definition) is 4. The fraction of sp³-hybridized carbons (Fsp3) is 0.235. The number of para-hydroxylation sites is 1. The average Bonchev–Trinajstić information content (AvgIpc) is 2.60. The molecule has 9 heteroatoms. The number of ether oxygens (including phenoxy) is 3. The van der Waals surface area contributed by atoms with Gasteiger partial charge < -0.3 is 19.5 Å². The van der Waals surface area contributed by atoms with Gasteiger partial charge in [-0.3, -0.25) is 4.79 Å². The molecule has 0 saturated carbocycles. The molecule has 0 fully saturated rings. The van der Waals surface area contributed by atoms with Gasteiger partial charge in [0.15, 0.2) is 18.1 Å². The van der Waals surface area contributed by atoms with Gasteiger partial charge in [-0.05, 0) is 30.3 Å². The molecule has 0 aliphatic carbocycles. The molecule has 0 aliphatic rings. The minimum atomic E-state index is -4.55. The molecule has 0 aromatic heterocycles. The highest BCUT2D eigenvalue weighted by Gasteiger charge is 2.31. The van der Waals surface area contributed by atoms with Crippen LogP contribution in [0.15, 0.2) is 36.4 Å². The van der Waals surface area contributed by atoms with E-state index in [1.807, 2.05) is 0 Å². The summed E-state index contributed by atoms with van der Waals surface area (Å²) in [6.45, 7) is -0.462. The highest BCUT2D eigenvalue weighted by atomic mass is 35.5. The molecule has 0 aliphatic heterocycles. The summed E-state index contributed by atoms with van der Waals surface area (Å²) < 4.78 is 53.9. The maximum Gasteiger partial charge on any atom is 0.416 e. The van der Waals surface area contributed by atoms with Crippen molar-refractivity contribution in [3.63, 3.8) is 0 Å². The molecular weight excluding hydrogens is 375 g/mol. The van der Waals surface area contributed by atoms with Crippen LogP contribution in [0.2, 0.25) is 5.02 Å². The second-order valence-corrected chi connectivity index (χ2v) is 5.43. The Hall–Kier alpha value is -2.61. The van der Waals surface area contributed by atoms with E-state index < -0.39 is 24.3 Å². The van der Waals surface area contributed by atoms with E-state index in [2.05, 4.69) is 5.32 Å². The van der Waals surface area contributed by atoms with E-state index in [-0.39, 0.29) is 16.5 Å². The number of benzene rings is 2. The number of nitrogens with one attached hydrogen (secondary N) is 1. The van der Waals surface area contributed by atoms with Crippen molar-refractivity contribution in [1.29, 1.82) is 0 Å². The first-order valence-corrected chi connectivity index (χ1v) is 7.64. The summed E-state index contributed by atoms with van der Waals surface area (Å²) in [7, 11) is 2.86. The van der Waals surface area contributed by atoms with Gasteiger partial charge in [-0.2, -0.15) is 13.2 Å². The smallest absolute Gasteiger partial charge is 0.416 e. The number of hydrogen-bond donors (Lipinski definition) is 1. The van der Waals surface area contributed by atoms with Gasteiger partial charge in [0.1, 0.15) is 0 Å². The van der Waals surface area contributed by atoms with Crippen molar-refractivity contribution in [2.24, 2.45) is 0 Å². The van der Waals surface area contributed by atoms with E-state index >= 15 is 0 Å². The van der Waals surface area contributed by atoms with Gasteiger partial charge in [0.2, 0.25) is 5.75 Å². The van der Waals surface area contributed by atoms with Crippen molar-refractivity contribution in [2.75, 3.05) is 26.1 Å².